The number of hydrogen-bond acceptors (Lipinski definition) is 4. The van der Waals surface area contributed by atoms with E-state index in [-0.39, 0.29) is 0 Å². The Morgan fingerprint density at radius 2 is 1.88 bits per heavy atom. The minimum atomic E-state index is -0.927. The van der Waals surface area contributed by atoms with Gasteiger partial charge in [0.1, 0.15) is 23.1 Å². The molecular formula is C19H18N2O4. The van der Waals surface area contributed by atoms with Gasteiger partial charge in [-0.3, -0.25) is 9.59 Å². The fourth-order valence-corrected chi connectivity index (χ4v) is 2.78. The summed E-state index contributed by atoms with van der Waals surface area (Å²) in [5.41, 5.74) is 7.01. The summed E-state index contributed by atoms with van der Waals surface area (Å²) in [6, 6.07) is 13.1. The van der Waals surface area contributed by atoms with Crippen LogP contribution >= 0.6 is 0 Å². The second-order valence-corrected chi connectivity index (χ2v) is 5.61. The number of amides is 2. The molecular weight excluding hydrogens is 320 g/mol. The molecule has 1 heterocycles. The highest BCUT2D eigenvalue weighted by atomic mass is 16.5. The lowest BCUT2D eigenvalue weighted by molar-refractivity contribution is -0.120. The number of primary amides is 1. The predicted octanol–water partition coefficient (Wildman–Crippen LogP) is 2.71. The quantitative estimate of drug-likeness (QED) is 0.748. The van der Waals surface area contributed by atoms with Crippen molar-refractivity contribution in [3.63, 3.8) is 0 Å². The number of nitrogens with two attached hydrogens (primary N) is 1. The Morgan fingerprint density at radius 3 is 2.52 bits per heavy atom. The molecule has 0 spiro atoms. The van der Waals surface area contributed by atoms with Gasteiger partial charge in [0.25, 0.3) is 5.91 Å². The van der Waals surface area contributed by atoms with Gasteiger partial charge in [0.05, 0.1) is 12.7 Å². The smallest absolute Gasteiger partial charge is 0.256 e. The van der Waals surface area contributed by atoms with Gasteiger partial charge in [0, 0.05) is 5.39 Å². The van der Waals surface area contributed by atoms with Crippen LogP contribution in [0.3, 0.4) is 0 Å². The molecule has 25 heavy (non-hydrogen) atoms. The summed E-state index contributed by atoms with van der Waals surface area (Å²) in [6.45, 7) is 1.70. The molecule has 6 nitrogen and oxygen atoms in total. The lowest BCUT2D eigenvalue weighted by Gasteiger charge is -2.15. The van der Waals surface area contributed by atoms with Crippen LogP contribution in [-0.2, 0) is 4.79 Å². The third-order valence-electron chi connectivity index (χ3n) is 3.99. The lowest BCUT2D eigenvalue weighted by Crippen LogP contribution is -2.37. The molecule has 128 valence electrons. The van der Waals surface area contributed by atoms with Crippen molar-refractivity contribution in [3.05, 3.63) is 65.4 Å². The van der Waals surface area contributed by atoms with Crippen molar-refractivity contribution in [2.24, 2.45) is 5.73 Å². The Kier molecular flexibility index (Phi) is 4.43. The number of nitrogens with one attached hydrogen (secondary N) is 1. The summed E-state index contributed by atoms with van der Waals surface area (Å²) in [5.74, 6) is -0.00589. The van der Waals surface area contributed by atoms with Crippen molar-refractivity contribution in [3.8, 4) is 5.75 Å². The van der Waals surface area contributed by atoms with Gasteiger partial charge >= 0.3 is 0 Å². The topological polar surface area (TPSA) is 94.6 Å². The number of hydrogen-bond donors (Lipinski definition) is 2. The fraction of sp³-hybridized carbons (Fsp3) is 0.158. The molecule has 0 saturated heterocycles. The second-order valence-electron chi connectivity index (χ2n) is 5.61. The first-order valence-corrected chi connectivity index (χ1v) is 7.73. The van der Waals surface area contributed by atoms with E-state index in [2.05, 4.69) is 5.32 Å². The molecule has 1 atom stereocenters. The van der Waals surface area contributed by atoms with Gasteiger partial charge in [0.2, 0.25) is 5.91 Å². The van der Waals surface area contributed by atoms with E-state index in [1.165, 1.54) is 0 Å². The van der Waals surface area contributed by atoms with Crippen molar-refractivity contribution >= 4 is 22.8 Å². The number of rotatable bonds is 5. The summed E-state index contributed by atoms with van der Waals surface area (Å²) in [6.07, 6.45) is 0. The van der Waals surface area contributed by atoms with Gasteiger partial charge in [-0.2, -0.15) is 0 Å². The van der Waals surface area contributed by atoms with Crippen LogP contribution in [0.15, 0.2) is 52.9 Å². The molecule has 0 saturated carbocycles. The third-order valence-corrected chi connectivity index (χ3v) is 3.99. The van der Waals surface area contributed by atoms with E-state index < -0.39 is 17.9 Å². The standard InChI is InChI=1S/C19H18N2O4/c1-11-16(14-10-13(24-2)8-9-15(14)25-11)19(23)21-17(18(20)22)12-6-4-3-5-7-12/h3-10,17H,1-2H3,(H2,20,22)(H,21,23)/t17-/m0/s1. The zero-order valence-corrected chi connectivity index (χ0v) is 13.9. The van der Waals surface area contributed by atoms with Crippen molar-refractivity contribution in [1.82, 2.24) is 5.32 Å². The summed E-state index contributed by atoms with van der Waals surface area (Å²) in [7, 11) is 1.55. The maximum absolute atomic E-state index is 12.8. The highest BCUT2D eigenvalue weighted by Crippen LogP contribution is 2.29. The van der Waals surface area contributed by atoms with E-state index in [4.69, 9.17) is 14.9 Å². The van der Waals surface area contributed by atoms with Gasteiger partial charge in [0.15, 0.2) is 0 Å². The average Bonchev–Trinajstić information content (AvgIpc) is 2.94. The number of carbonyl (C=O) groups is 2. The van der Waals surface area contributed by atoms with Gasteiger partial charge in [-0.25, -0.2) is 0 Å². The van der Waals surface area contributed by atoms with Crippen molar-refractivity contribution in [2.75, 3.05) is 7.11 Å². The fourth-order valence-electron chi connectivity index (χ4n) is 2.78. The van der Waals surface area contributed by atoms with Crippen LogP contribution in [-0.4, -0.2) is 18.9 Å². The molecule has 0 radical (unpaired) electrons. The van der Waals surface area contributed by atoms with Gasteiger partial charge < -0.3 is 20.2 Å². The molecule has 3 aromatic rings. The van der Waals surface area contributed by atoms with E-state index in [0.717, 1.165) is 0 Å². The zero-order chi connectivity index (χ0) is 18.0. The Labute approximate surface area is 144 Å². The SMILES string of the molecule is COc1ccc2oc(C)c(C(=O)N[C@H](C(N)=O)c3ccccc3)c2c1. The van der Waals surface area contributed by atoms with Crippen LogP contribution in [0.1, 0.15) is 27.7 Å². The van der Waals surface area contributed by atoms with Crippen LogP contribution in [0.25, 0.3) is 11.0 Å². The molecule has 6 heteroatoms. The van der Waals surface area contributed by atoms with E-state index >= 15 is 0 Å². The summed E-state index contributed by atoms with van der Waals surface area (Å²) in [5, 5.41) is 3.31. The Bertz CT molecular complexity index is 931. The van der Waals surface area contributed by atoms with Crippen molar-refractivity contribution in [2.45, 2.75) is 13.0 Å². The molecule has 3 rings (SSSR count). The molecule has 2 aromatic carbocycles. The Hall–Kier alpha value is -3.28. The van der Waals surface area contributed by atoms with Crippen LogP contribution < -0.4 is 15.8 Å². The van der Waals surface area contributed by atoms with E-state index in [0.29, 0.717) is 33.6 Å². The van der Waals surface area contributed by atoms with E-state index in [9.17, 15) is 9.59 Å². The summed E-state index contributed by atoms with van der Waals surface area (Å²) < 4.78 is 10.8. The first kappa shape index (κ1) is 16.6. The van der Waals surface area contributed by atoms with E-state index in [1.54, 1.807) is 56.5 Å². The largest absolute Gasteiger partial charge is 0.497 e. The molecule has 0 fully saturated rings. The first-order valence-electron chi connectivity index (χ1n) is 7.73. The third kappa shape index (κ3) is 3.19. The minimum Gasteiger partial charge on any atom is -0.497 e. The van der Waals surface area contributed by atoms with Crippen molar-refractivity contribution < 1.29 is 18.7 Å². The number of carbonyl (C=O) groups excluding carboxylic acids is 2. The first-order chi connectivity index (χ1) is 12.0. The summed E-state index contributed by atoms with van der Waals surface area (Å²) >= 11 is 0. The summed E-state index contributed by atoms with van der Waals surface area (Å²) in [4.78, 5) is 24.6. The number of furan rings is 1. The van der Waals surface area contributed by atoms with Gasteiger partial charge in [-0.15, -0.1) is 0 Å². The predicted molar refractivity (Wildman–Crippen MR) is 93.3 cm³/mol. The Morgan fingerprint density at radius 1 is 1.16 bits per heavy atom. The van der Waals surface area contributed by atoms with Crippen molar-refractivity contribution in [1.29, 1.82) is 0 Å². The molecule has 2 amide bonds. The maximum atomic E-state index is 12.8. The molecule has 3 N–H and O–H groups in total. The normalized spacial score (nSPS) is 11.9. The molecule has 0 aliphatic carbocycles. The number of aryl methyl sites for hydroxylation is 1. The molecule has 0 bridgehead atoms. The highest BCUT2D eigenvalue weighted by Gasteiger charge is 2.25. The van der Waals surface area contributed by atoms with Crippen LogP contribution in [0, 0.1) is 6.92 Å². The van der Waals surface area contributed by atoms with Gasteiger partial charge in [-0.05, 0) is 30.7 Å². The van der Waals surface area contributed by atoms with Crippen LogP contribution in [0.5, 0.6) is 5.75 Å². The number of benzene rings is 2. The minimum absolute atomic E-state index is 0.357. The number of ether oxygens (including phenoxy) is 1. The average molecular weight is 338 g/mol. The number of fused-ring (bicyclic) bond motifs is 1. The molecule has 1 aromatic heterocycles. The van der Waals surface area contributed by atoms with Crippen LogP contribution in [0.4, 0.5) is 0 Å². The monoisotopic (exact) mass is 338 g/mol. The second kappa shape index (κ2) is 6.68. The van der Waals surface area contributed by atoms with Gasteiger partial charge in [-0.1, -0.05) is 30.3 Å². The lowest BCUT2D eigenvalue weighted by atomic mass is 10.0. The highest BCUT2D eigenvalue weighted by molar-refractivity contribution is 6.08. The molecule has 0 aliphatic heterocycles. The molecule has 0 unspecified atom stereocenters. The zero-order valence-electron chi connectivity index (χ0n) is 13.9. The molecule has 0 aliphatic rings. The van der Waals surface area contributed by atoms with E-state index in [1.807, 2.05) is 6.07 Å². The van der Waals surface area contributed by atoms with Crippen LogP contribution in [0.2, 0.25) is 0 Å². The Balaban J connectivity index is 1.99. The maximum Gasteiger partial charge on any atom is 0.256 e. The number of methoxy groups -OCH3 is 1.